The van der Waals surface area contributed by atoms with Crippen LogP contribution in [0.4, 0.5) is 0 Å². The van der Waals surface area contributed by atoms with Crippen LogP contribution in [0.15, 0.2) is 30.5 Å². The second kappa shape index (κ2) is 6.42. The van der Waals surface area contributed by atoms with Crippen molar-refractivity contribution in [2.24, 2.45) is 5.92 Å². The van der Waals surface area contributed by atoms with E-state index < -0.39 is 0 Å². The van der Waals surface area contributed by atoms with Crippen LogP contribution in [0.2, 0.25) is 0 Å². The van der Waals surface area contributed by atoms with E-state index in [0.717, 1.165) is 19.0 Å². The van der Waals surface area contributed by atoms with Crippen LogP contribution in [-0.4, -0.2) is 36.1 Å². The van der Waals surface area contributed by atoms with Crippen molar-refractivity contribution in [1.82, 2.24) is 15.2 Å². The number of likely N-dealkylation sites (tertiary alicyclic amines) is 1. The van der Waals surface area contributed by atoms with Crippen LogP contribution in [0.25, 0.3) is 10.9 Å². The van der Waals surface area contributed by atoms with Crippen molar-refractivity contribution in [3.05, 3.63) is 36.0 Å². The molecule has 2 N–H and O–H groups in total. The van der Waals surface area contributed by atoms with Crippen LogP contribution >= 0.6 is 0 Å². The number of benzene rings is 1. The molecule has 0 bridgehead atoms. The van der Waals surface area contributed by atoms with Crippen LogP contribution in [0.3, 0.4) is 0 Å². The van der Waals surface area contributed by atoms with E-state index in [1.165, 1.54) is 48.9 Å². The fraction of sp³-hybridized carbons (Fsp3) is 0.529. The highest BCUT2D eigenvalue weighted by Gasteiger charge is 2.17. The molecule has 20 heavy (non-hydrogen) atoms. The maximum atomic E-state index is 3.63. The first-order valence-corrected chi connectivity index (χ1v) is 7.84. The Hall–Kier alpha value is -1.32. The van der Waals surface area contributed by atoms with Crippen LogP contribution in [0.1, 0.15) is 25.3 Å². The summed E-state index contributed by atoms with van der Waals surface area (Å²) in [6.45, 7) is 8.15. The smallest absolute Gasteiger partial charge is 0.0454 e. The molecule has 2 heterocycles. The van der Waals surface area contributed by atoms with Crippen LogP contribution in [0, 0.1) is 5.92 Å². The fourth-order valence-corrected chi connectivity index (χ4v) is 3.14. The predicted octanol–water partition coefficient (Wildman–Crippen LogP) is 2.99. The van der Waals surface area contributed by atoms with E-state index in [1.807, 2.05) is 6.20 Å². The van der Waals surface area contributed by atoms with Gasteiger partial charge in [0.05, 0.1) is 0 Å². The number of aromatic nitrogens is 1. The molecule has 1 saturated heterocycles. The Morgan fingerprint density at radius 1 is 1.25 bits per heavy atom. The summed E-state index contributed by atoms with van der Waals surface area (Å²) in [5.74, 6) is 0.855. The second-order valence-corrected chi connectivity index (χ2v) is 5.91. The number of nitrogens with zero attached hydrogens (tertiary/aromatic N) is 1. The molecule has 0 saturated carbocycles. The summed E-state index contributed by atoms with van der Waals surface area (Å²) in [5, 5.41) is 4.94. The number of hydrogen-bond acceptors (Lipinski definition) is 2. The lowest BCUT2D eigenvalue weighted by molar-refractivity contribution is 0.190. The minimum absolute atomic E-state index is 0.855. The highest BCUT2D eigenvalue weighted by Crippen LogP contribution is 2.17. The standard InChI is InChI=1S/C17H25N3/c1-2-20-9-6-14(7-10-20)12-18-13-15-3-4-17-16(11-15)5-8-19-17/h3-5,8,11,14,18-19H,2,6-7,9-10,12-13H2,1H3. The number of nitrogens with one attached hydrogen (secondary N) is 2. The lowest BCUT2D eigenvalue weighted by Gasteiger charge is -2.31. The topological polar surface area (TPSA) is 31.1 Å². The van der Waals surface area contributed by atoms with Gasteiger partial charge in [-0.25, -0.2) is 0 Å². The van der Waals surface area contributed by atoms with Crippen molar-refractivity contribution in [3.63, 3.8) is 0 Å². The molecule has 0 spiro atoms. The molecule has 1 aromatic heterocycles. The van der Waals surface area contributed by atoms with Gasteiger partial charge in [0.1, 0.15) is 0 Å². The Bertz CT molecular complexity index is 538. The molecule has 0 radical (unpaired) electrons. The average molecular weight is 271 g/mol. The summed E-state index contributed by atoms with van der Waals surface area (Å²) in [6, 6.07) is 8.80. The minimum atomic E-state index is 0.855. The molecule has 0 atom stereocenters. The van der Waals surface area contributed by atoms with E-state index in [1.54, 1.807) is 0 Å². The summed E-state index contributed by atoms with van der Waals surface area (Å²) in [7, 11) is 0. The second-order valence-electron chi connectivity index (χ2n) is 5.91. The van der Waals surface area contributed by atoms with E-state index in [0.29, 0.717) is 0 Å². The van der Waals surface area contributed by atoms with Crippen molar-refractivity contribution in [2.75, 3.05) is 26.2 Å². The van der Waals surface area contributed by atoms with E-state index in [9.17, 15) is 0 Å². The third kappa shape index (κ3) is 3.22. The lowest BCUT2D eigenvalue weighted by atomic mass is 9.97. The molecule has 1 aliphatic heterocycles. The van der Waals surface area contributed by atoms with Crippen LogP contribution in [0.5, 0.6) is 0 Å². The molecule has 1 fully saturated rings. The van der Waals surface area contributed by atoms with E-state index in [-0.39, 0.29) is 0 Å². The quantitative estimate of drug-likeness (QED) is 0.876. The third-order valence-corrected chi connectivity index (χ3v) is 4.53. The maximum absolute atomic E-state index is 3.63. The molecule has 0 unspecified atom stereocenters. The van der Waals surface area contributed by atoms with Gasteiger partial charge in [-0.2, -0.15) is 0 Å². The van der Waals surface area contributed by atoms with Crippen LogP contribution in [-0.2, 0) is 6.54 Å². The van der Waals surface area contributed by atoms with Crippen LogP contribution < -0.4 is 5.32 Å². The molecular formula is C17H25N3. The zero-order chi connectivity index (χ0) is 13.8. The molecule has 0 amide bonds. The molecule has 1 aromatic carbocycles. The third-order valence-electron chi connectivity index (χ3n) is 4.53. The van der Waals surface area contributed by atoms with Crippen molar-refractivity contribution >= 4 is 10.9 Å². The zero-order valence-electron chi connectivity index (χ0n) is 12.4. The molecule has 2 aromatic rings. The summed E-state index contributed by atoms with van der Waals surface area (Å²) >= 11 is 0. The zero-order valence-corrected chi connectivity index (χ0v) is 12.4. The molecule has 3 rings (SSSR count). The summed E-state index contributed by atoms with van der Waals surface area (Å²) in [6.07, 6.45) is 4.69. The van der Waals surface area contributed by atoms with Gasteiger partial charge < -0.3 is 15.2 Å². The normalized spacial score (nSPS) is 17.9. The Morgan fingerprint density at radius 3 is 2.90 bits per heavy atom. The molecule has 3 nitrogen and oxygen atoms in total. The Balaban J connectivity index is 1.45. The van der Waals surface area contributed by atoms with E-state index >= 15 is 0 Å². The van der Waals surface area contributed by atoms with Gasteiger partial charge in [-0.3, -0.25) is 0 Å². The predicted molar refractivity (Wildman–Crippen MR) is 84.8 cm³/mol. The summed E-state index contributed by atoms with van der Waals surface area (Å²) < 4.78 is 0. The number of piperidine rings is 1. The molecule has 1 aliphatic rings. The Morgan fingerprint density at radius 2 is 2.10 bits per heavy atom. The van der Waals surface area contributed by atoms with Gasteiger partial charge in [-0.15, -0.1) is 0 Å². The highest BCUT2D eigenvalue weighted by atomic mass is 15.1. The Labute approximate surface area is 121 Å². The van der Waals surface area contributed by atoms with Gasteiger partial charge in [0, 0.05) is 18.3 Å². The summed E-state index contributed by atoms with van der Waals surface area (Å²) in [5.41, 5.74) is 2.60. The van der Waals surface area contributed by atoms with E-state index in [2.05, 4.69) is 46.4 Å². The maximum Gasteiger partial charge on any atom is 0.0454 e. The van der Waals surface area contributed by atoms with Gasteiger partial charge in [0.2, 0.25) is 0 Å². The monoisotopic (exact) mass is 271 g/mol. The lowest BCUT2D eigenvalue weighted by Crippen LogP contribution is -2.36. The number of hydrogen-bond donors (Lipinski definition) is 2. The fourth-order valence-electron chi connectivity index (χ4n) is 3.14. The highest BCUT2D eigenvalue weighted by molar-refractivity contribution is 5.79. The van der Waals surface area contributed by atoms with Gasteiger partial charge >= 0.3 is 0 Å². The average Bonchev–Trinajstić information content (AvgIpc) is 2.95. The van der Waals surface area contributed by atoms with Gasteiger partial charge in [0.15, 0.2) is 0 Å². The number of fused-ring (bicyclic) bond motifs is 1. The molecular weight excluding hydrogens is 246 g/mol. The van der Waals surface area contributed by atoms with Crippen molar-refractivity contribution in [3.8, 4) is 0 Å². The van der Waals surface area contributed by atoms with Crippen molar-refractivity contribution in [2.45, 2.75) is 26.3 Å². The first kappa shape index (κ1) is 13.7. The largest absolute Gasteiger partial charge is 0.361 e. The molecule has 0 aliphatic carbocycles. The number of H-pyrrole nitrogens is 1. The van der Waals surface area contributed by atoms with Crippen molar-refractivity contribution in [1.29, 1.82) is 0 Å². The summed E-state index contributed by atoms with van der Waals surface area (Å²) in [4.78, 5) is 5.79. The van der Waals surface area contributed by atoms with Gasteiger partial charge in [-0.05, 0) is 74.1 Å². The molecule has 108 valence electrons. The molecule has 3 heteroatoms. The van der Waals surface area contributed by atoms with Crippen molar-refractivity contribution < 1.29 is 0 Å². The number of rotatable bonds is 5. The van der Waals surface area contributed by atoms with Gasteiger partial charge in [0.25, 0.3) is 0 Å². The minimum Gasteiger partial charge on any atom is -0.361 e. The SMILES string of the molecule is CCN1CCC(CNCc2ccc3[nH]ccc3c2)CC1. The first-order valence-electron chi connectivity index (χ1n) is 7.84. The first-order chi connectivity index (χ1) is 9.85. The number of aromatic amines is 1. The van der Waals surface area contributed by atoms with E-state index in [4.69, 9.17) is 0 Å². The van der Waals surface area contributed by atoms with Gasteiger partial charge in [-0.1, -0.05) is 13.0 Å². The Kier molecular flexibility index (Phi) is 4.38.